The van der Waals surface area contributed by atoms with E-state index in [9.17, 15) is 43.2 Å². The van der Waals surface area contributed by atoms with Crippen molar-refractivity contribution in [1.29, 1.82) is 0 Å². The Morgan fingerprint density at radius 3 is 1.54 bits per heavy atom. The summed E-state index contributed by atoms with van der Waals surface area (Å²) in [6, 6.07) is -0.494. The summed E-state index contributed by atoms with van der Waals surface area (Å²) >= 11 is 0. The van der Waals surface area contributed by atoms with Crippen LogP contribution in [-0.4, -0.2) is 127 Å². The van der Waals surface area contributed by atoms with Crippen molar-refractivity contribution in [2.45, 2.75) is 215 Å². The van der Waals surface area contributed by atoms with Gasteiger partial charge in [0.05, 0.1) is 18.9 Å². The lowest BCUT2D eigenvalue weighted by atomic mass is 9.85. The number of carbonyl (C=O) groups is 9. The summed E-state index contributed by atoms with van der Waals surface area (Å²) in [5, 5.41) is 16.3. The van der Waals surface area contributed by atoms with Gasteiger partial charge in [0.15, 0.2) is 6.29 Å². The number of benzene rings is 1. The number of hydrogen-bond acceptors (Lipinski definition) is 14. The fraction of sp³-hybridized carbons (Fsp3) is 0.685. The molecular formula is C54H88N6O14. The molecule has 0 saturated heterocycles. The Morgan fingerprint density at radius 1 is 0.568 bits per heavy atom. The number of methoxy groups -OCH3 is 2. The predicted molar refractivity (Wildman–Crippen MR) is 279 cm³/mol. The quantitative estimate of drug-likeness (QED) is 0.0287. The number of amides is 6. The molecule has 0 radical (unpaired) electrons. The van der Waals surface area contributed by atoms with E-state index in [1.165, 1.54) is 14.2 Å². The van der Waals surface area contributed by atoms with Gasteiger partial charge in [-0.05, 0) is 111 Å². The molecule has 6 N–H and O–H groups in total. The van der Waals surface area contributed by atoms with E-state index in [1.54, 1.807) is 107 Å². The highest BCUT2D eigenvalue weighted by Gasteiger charge is 2.39. The third kappa shape index (κ3) is 26.4. The monoisotopic (exact) mass is 1040 g/mol. The standard InChI is InChI=1S/C54H88N6O14/c1-19-22-36(50(70-17)71-18)57-46(66)37(29-32(2)3)59-49(69)44(51(5,6)7)60-48(68)38(30-34-24-21-20-23-33(34)4)58-45(65)35(25-27-41(62)72-52(8,9)10)56-47(67)39(31-43(64)74-54(14,15)16)55-40(61)26-28-42(63)73-53(11,12)13/h19-21,23-24,32,35-39,44,50H,1,22,25-31H2,2-18H3,(H,55,61)(H,56,67)(H,57,66)(H,58,65)(H,59,69)(H,60,68)/t35-,36-,37-,38-,39-,44+/m0/s1. The Labute approximate surface area is 439 Å². The number of hydrogen-bond donors (Lipinski definition) is 6. The summed E-state index contributed by atoms with van der Waals surface area (Å²) in [4.78, 5) is 124. The lowest BCUT2D eigenvalue weighted by molar-refractivity contribution is -0.158. The summed E-state index contributed by atoms with van der Waals surface area (Å²) < 4.78 is 27.0. The minimum atomic E-state index is -1.64. The van der Waals surface area contributed by atoms with Gasteiger partial charge in [0.25, 0.3) is 0 Å². The molecule has 0 saturated carbocycles. The van der Waals surface area contributed by atoms with Crippen LogP contribution in [0, 0.1) is 18.3 Å². The molecule has 1 aromatic rings. The highest BCUT2D eigenvalue weighted by Crippen LogP contribution is 2.22. The van der Waals surface area contributed by atoms with Crippen LogP contribution in [0.3, 0.4) is 0 Å². The molecule has 74 heavy (non-hydrogen) atoms. The first kappa shape index (κ1) is 66.1. The summed E-state index contributed by atoms with van der Waals surface area (Å²) in [5.41, 5.74) is -2.26. The lowest BCUT2D eigenvalue weighted by Gasteiger charge is -2.34. The largest absolute Gasteiger partial charge is 0.460 e. The van der Waals surface area contributed by atoms with E-state index in [1.807, 2.05) is 26.8 Å². The number of rotatable bonds is 28. The first-order valence-electron chi connectivity index (χ1n) is 25.2. The third-order valence-corrected chi connectivity index (χ3v) is 10.7. The van der Waals surface area contributed by atoms with E-state index in [2.05, 4.69) is 38.5 Å². The van der Waals surface area contributed by atoms with E-state index in [0.717, 1.165) is 5.56 Å². The van der Waals surface area contributed by atoms with Crippen LogP contribution < -0.4 is 31.9 Å². The van der Waals surface area contributed by atoms with E-state index in [0.29, 0.717) is 12.0 Å². The molecule has 6 atom stereocenters. The molecule has 20 nitrogen and oxygen atoms in total. The zero-order valence-corrected chi connectivity index (χ0v) is 47.1. The Bertz CT molecular complexity index is 2080. The van der Waals surface area contributed by atoms with Crippen molar-refractivity contribution in [3.8, 4) is 0 Å². The van der Waals surface area contributed by atoms with Crippen LogP contribution in [0.2, 0.25) is 0 Å². The first-order chi connectivity index (χ1) is 34.0. The molecule has 0 unspecified atom stereocenters. The number of nitrogens with one attached hydrogen (secondary N) is 6. The van der Waals surface area contributed by atoms with Gasteiger partial charge in [0.1, 0.15) is 47.0 Å². The van der Waals surface area contributed by atoms with Crippen molar-refractivity contribution in [3.63, 3.8) is 0 Å². The second-order valence-corrected chi connectivity index (χ2v) is 22.9. The molecule has 1 rings (SSSR count). The smallest absolute Gasteiger partial charge is 0.308 e. The van der Waals surface area contributed by atoms with Crippen LogP contribution in [0.15, 0.2) is 36.9 Å². The lowest BCUT2D eigenvalue weighted by Crippen LogP contribution is -2.62. The normalized spacial score (nSPS) is 14.5. The van der Waals surface area contributed by atoms with Crippen molar-refractivity contribution >= 4 is 53.4 Å². The van der Waals surface area contributed by atoms with Gasteiger partial charge in [-0.25, -0.2) is 0 Å². The Kier molecular flexibility index (Phi) is 26.7. The van der Waals surface area contributed by atoms with E-state index >= 15 is 0 Å². The highest BCUT2D eigenvalue weighted by atomic mass is 16.7. The van der Waals surface area contributed by atoms with Gasteiger partial charge in [-0.1, -0.05) is 65.0 Å². The van der Waals surface area contributed by atoms with Crippen LogP contribution in [0.4, 0.5) is 0 Å². The highest BCUT2D eigenvalue weighted by molar-refractivity contribution is 5.98. The molecule has 0 heterocycles. The van der Waals surface area contributed by atoms with Crippen molar-refractivity contribution in [3.05, 3.63) is 48.0 Å². The Morgan fingerprint density at radius 2 is 1.04 bits per heavy atom. The third-order valence-electron chi connectivity index (χ3n) is 10.7. The molecule has 0 spiro atoms. The van der Waals surface area contributed by atoms with Crippen LogP contribution in [0.1, 0.15) is 153 Å². The summed E-state index contributed by atoms with van der Waals surface area (Å²) in [7, 11) is 2.86. The maximum atomic E-state index is 14.7. The van der Waals surface area contributed by atoms with Crippen LogP contribution in [0.25, 0.3) is 0 Å². The Balaban J connectivity index is 3.79. The number of ether oxygens (including phenoxy) is 5. The second kappa shape index (κ2) is 29.9. The summed E-state index contributed by atoms with van der Waals surface area (Å²) in [5.74, 6) is -7.06. The minimum Gasteiger partial charge on any atom is -0.460 e. The van der Waals surface area contributed by atoms with Crippen molar-refractivity contribution in [2.24, 2.45) is 11.3 Å². The predicted octanol–water partition coefficient (Wildman–Crippen LogP) is 4.71. The van der Waals surface area contributed by atoms with Crippen LogP contribution in [0.5, 0.6) is 0 Å². The second-order valence-electron chi connectivity index (χ2n) is 22.9. The van der Waals surface area contributed by atoms with Crippen LogP contribution in [-0.2, 0) is 73.3 Å². The fourth-order valence-corrected chi connectivity index (χ4v) is 7.37. The molecule has 1 aromatic carbocycles. The molecular weight excluding hydrogens is 957 g/mol. The van der Waals surface area contributed by atoms with Gasteiger partial charge in [-0.15, -0.1) is 6.58 Å². The van der Waals surface area contributed by atoms with Crippen molar-refractivity contribution in [1.82, 2.24) is 31.9 Å². The maximum absolute atomic E-state index is 14.7. The molecule has 0 aliphatic carbocycles. The van der Waals surface area contributed by atoms with Crippen LogP contribution >= 0.6 is 0 Å². The van der Waals surface area contributed by atoms with Gasteiger partial charge in [-0.2, -0.15) is 0 Å². The summed E-state index contributed by atoms with van der Waals surface area (Å²) in [6.07, 6.45) is -1.01. The van der Waals surface area contributed by atoms with Gasteiger partial charge >= 0.3 is 17.9 Å². The molecule has 0 aliphatic rings. The molecule has 6 amide bonds. The number of carbonyl (C=O) groups excluding carboxylic acids is 9. The molecule has 0 aromatic heterocycles. The molecule has 0 aliphatic heterocycles. The molecule has 20 heteroatoms. The fourth-order valence-electron chi connectivity index (χ4n) is 7.37. The minimum absolute atomic E-state index is 0.0577. The summed E-state index contributed by atoms with van der Waals surface area (Å²) in [6.45, 7) is 29.3. The molecule has 0 fully saturated rings. The van der Waals surface area contributed by atoms with Gasteiger partial charge in [0.2, 0.25) is 35.4 Å². The zero-order chi connectivity index (χ0) is 56.9. The van der Waals surface area contributed by atoms with E-state index < -0.39 is 137 Å². The van der Waals surface area contributed by atoms with Gasteiger partial charge < -0.3 is 55.6 Å². The number of esters is 3. The molecule has 418 valence electrons. The van der Waals surface area contributed by atoms with E-state index in [-0.39, 0.29) is 31.6 Å². The average Bonchev–Trinajstić information content (AvgIpc) is 3.24. The van der Waals surface area contributed by atoms with Gasteiger partial charge in [0, 0.05) is 33.5 Å². The zero-order valence-electron chi connectivity index (χ0n) is 47.1. The topological polar surface area (TPSA) is 272 Å². The number of aryl methyl sites for hydroxylation is 1. The molecule has 0 bridgehead atoms. The van der Waals surface area contributed by atoms with Gasteiger partial charge in [-0.3, -0.25) is 43.2 Å². The van der Waals surface area contributed by atoms with Crippen molar-refractivity contribution in [2.75, 3.05) is 14.2 Å². The Hall–Kier alpha value is -5.89. The average molecular weight is 1050 g/mol. The maximum Gasteiger partial charge on any atom is 0.308 e. The van der Waals surface area contributed by atoms with E-state index in [4.69, 9.17) is 23.7 Å². The van der Waals surface area contributed by atoms with Crippen molar-refractivity contribution < 1.29 is 66.8 Å². The SMILES string of the molecule is C=CC[C@H](NC(=O)[C@H](CC(C)C)NC(=O)[C@@H](NC(=O)[C@H](Cc1ccccc1C)NC(=O)[C@H](CCC(=O)OC(C)(C)C)NC(=O)[C@H](CC(=O)OC(C)(C)C)NC(=O)CCC(=O)OC(C)(C)C)C(C)(C)C)C(OC)OC. The first-order valence-corrected chi connectivity index (χ1v) is 25.2.